The monoisotopic (exact) mass is 400 g/mol. The second-order valence-corrected chi connectivity index (χ2v) is 7.02. The van der Waals surface area contributed by atoms with Crippen LogP contribution in [-0.2, 0) is 6.54 Å². The molecule has 0 radical (unpaired) electrons. The van der Waals surface area contributed by atoms with E-state index in [1.54, 1.807) is 23.4 Å². The maximum absolute atomic E-state index is 11.1. The van der Waals surface area contributed by atoms with Crippen molar-refractivity contribution in [2.24, 2.45) is 0 Å². The fourth-order valence-electron chi connectivity index (χ4n) is 2.60. The number of carbonyl (C=O) groups is 1. The maximum atomic E-state index is 11.1. The highest BCUT2D eigenvalue weighted by Crippen LogP contribution is 2.28. The summed E-state index contributed by atoms with van der Waals surface area (Å²) in [4.78, 5) is 20.5. The smallest absolute Gasteiger partial charge is 0.336 e. The Balaban J connectivity index is 1.67. The summed E-state index contributed by atoms with van der Waals surface area (Å²) in [6.07, 6.45) is 1.79. The van der Waals surface area contributed by atoms with Crippen LogP contribution in [0.15, 0.2) is 41.9 Å². The number of halogens is 1. The van der Waals surface area contributed by atoms with Crippen LogP contribution in [0.25, 0.3) is 21.7 Å². The Kier molecular flexibility index (Phi) is 4.51. The van der Waals surface area contributed by atoms with Crippen molar-refractivity contribution >= 4 is 39.9 Å². The summed E-state index contributed by atoms with van der Waals surface area (Å²) in [5, 5.41) is 15.3. The van der Waals surface area contributed by atoms with Crippen molar-refractivity contribution in [3.8, 4) is 16.5 Å². The first-order chi connectivity index (χ1) is 13.0. The zero-order valence-corrected chi connectivity index (χ0v) is 15.7. The van der Waals surface area contributed by atoms with Gasteiger partial charge >= 0.3 is 5.97 Å². The van der Waals surface area contributed by atoms with Crippen LogP contribution >= 0.6 is 22.9 Å². The molecule has 0 saturated heterocycles. The van der Waals surface area contributed by atoms with Crippen LogP contribution < -0.4 is 4.74 Å². The van der Waals surface area contributed by atoms with Gasteiger partial charge in [-0.3, -0.25) is 4.68 Å². The molecule has 4 aromatic rings. The number of aromatic carboxylic acids is 1. The van der Waals surface area contributed by atoms with Gasteiger partial charge in [-0.15, -0.1) is 11.3 Å². The number of ether oxygens (including phenoxy) is 1. The van der Waals surface area contributed by atoms with Crippen molar-refractivity contribution in [3.05, 3.63) is 58.2 Å². The molecule has 1 N–H and O–H groups in total. The molecule has 7 nitrogen and oxygen atoms in total. The van der Waals surface area contributed by atoms with E-state index in [-0.39, 0.29) is 10.7 Å². The first kappa shape index (κ1) is 17.4. The molecule has 1 aromatic carbocycles. The number of aromatic nitrogens is 4. The summed E-state index contributed by atoms with van der Waals surface area (Å²) in [6.45, 7) is 0.550. The molecule has 27 heavy (non-hydrogen) atoms. The van der Waals surface area contributed by atoms with Gasteiger partial charge in [-0.05, 0) is 23.8 Å². The summed E-state index contributed by atoms with van der Waals surface area (Å²) in [6, 6.07) is 9.23. The van der Waals surface area contributed by atoms with Crippen molar-refractivity contribution in [1.29, 1.82) is 0 Å². The zero-order valence-electron chi connectivity index (χ0n) is 14.1. The van der Waals surface area contributed by atoms with Crippen LogP contribution in [0, 0.1) is 0 Å². The standard InChI is InChI=1S/C18H13ClN4O3S/c1-26-12-4-2-10(3-5-12)7-23-8-13-15(22-23)16(19)21-17(20-13)14-6-11(9-27-14)18(24)25/h2-6,8-9H,7H2,1H3,(H,24,25). The minimum absolute atomic E-state index is 0.199. The fraction of sp³-hybridized carbons (Fsp3) is 0.111. The molecule has 0 atom stereocenters. The molecule has 0 aliphatic carbocycles. The molecular formula is C18H13ClN4O3S. The zero-order chi connectivity index (χ0) is 19.0. The molecule has 3 aromatic heterocycles. The quantitative estimate of drug-likeness (QED) is 0.510. The SMILES string of the molecule is COc1ccc(Cn2cc3nc(-c4cc(C(=O)O)cs4)nc(Cl)c3n2)cc1. The molecule has 0 aliphatic heterocycles. The van der Waals surface area contributed by atoms with Crippen molar-refractivity contribution in [2.45, 2.75) is 6.54 Å². The Morgan fingerprint density at radius 3 is 2.74 bits per heavy atom. The lowest BCUT2D eigenvalue weighted by Gasteiger charge is -2.03. The molecule has 0 amide bonds. The highest BCUT2D eigenvalue weighted by atomic mass is 35.5. The minimum Gasteiger partial charge on any atom is -0.497 e. The molecule has 0 bridgehead atoms. The average molecular weight is 401 g/mol. The van der Waals surface area contributed by atoms with Crippen LogP contribution in [0.5, 0.6) is 5.75 Å². The van der Waals surface area contributed by atoms with E-state index in [0.29, 0.717) is 28.3 Å². The van der Waals surface area contributed by atoms with Crippen LogP contribution in [0.2, 0.25) is 5.15 Å². The molecule has 9 heteroatoms. The topological polar surface area (TPSA) is 90.1 Å². The summed E-state index contributed by atoms with van der Waals surface area (Å²) < 4.78 is 6.90. The van der Waals surface area contributed by atoms with E-state index in [1.807, 2.05) is 24.3 Å². The van der Waals surface area contributed by atoms with Gasteiger partial charge in [-0.2, -0.15) is 5.10 Å². The number of carboxylic acids is 1. The Morgan fingerprint density at radius 2 is 2.07 bits per heavy atom. The molecule has 0 fully saturated rings. The van der Waals surface area contributed by atoms with E-state index in [2.05, 4.69) is 15.1 Å². The second-order valence-electron chi connectivity index (χ2n) is 5.75. The van der Waals surface area contributed by atoms with E-state index in [0.717, 1.165) is 11.3 Å². The molecule has 0 unspecified atom stereocenters. The normalized spacial score (nSPS) is 11.0. The van der Waals surface area contributed by atoms with E-state index in [1.165, 1.54) is 17.4 Å². The predicted octanol–water partition coefficient (Wildman–Crippen LogP) is 3.96. The lowest BCUT2D eigenvalue weighted by atomic mass is 10.2. The molecule has 4 rings (SSSR count). The molecule has 0 spiro atoms. The third-order valence-electron chi connectivity index (χ3n) is 3.94. The van der Waals surface area contributed by atoms with Gasteiger partial charge in [0.25, 0.3) is 0 Å². The Bertz CT molecular complexity index is 1140. The summed E-state index contributed by atoms with van der Waals surface area (Å²) in [7, 11) is 1.63. The number of methoxy groups -OCH3 is 1. The number of hydrogen-bond acceptors (Lipinski definition) is 6. The van der Waals surface area contributed by atoms with Crippen LogP contribution in [0.3, 0.4) is 0 Å². The van der Waals surface area contributed by atoms with Crippen molar-refractivity contribution in [3.63, 3.8) is 0 Å². The highest BCUT2D eigenvalue weighted by Gasteiger charge is 2.15. The Labute approximate surface area is 162 Å². The largest absolute Gasteiger partial charge is 0.497 e. The van der Waals surface area contributed by atoms with Crippen molar-refractivity contribution in [2.75, 3.05) is 7.11 Å². The summed E-state index contributed by atoms with van der Waals surface area (Å²) in [5.41, 5.74) is 2.36. The van der Waals surface area contributed by atoms with Gasteiger partial charge in [0.1, 0.15) is 16.8 Å². The van der Waals surface area contributed by atoms with Crippen LogP contribution in [0.1, 0.15) is 15.9 Å². The molecular weight excluding hydrogens is 388 g/mol. The highest BCUT2D eigenvalue weighted by molar-refractivity contribution is 7.13. The van der Waals surface area contributed by atoms with E-state index in [9.17, 15) is 4.79 Å². The first-order valence-corrected chi connectivity index (χ1v) is 9.15. The minimum atomic E-state index is -0.989. The van der Waals surface area contributed by atoms with Gasteiger partial charge in [0, 0.05) is 5.38 Å². The molecule has 3 heterocycles. The maximum Gasteiger partial charge on any atom is 0.336 e. The first-order valence-electron chi connectivity index (χ1n) is 7.89. The Hall–Kier alpha value is -2.97. The Morgan fingerprint density at radius 1 is 1.30 bits per heavy atom. The van der Waals surface area contributed by atoms with Gasteiger partial charge in [-0.1, -0.05) is 23.7 Å². The van der Waals surface area contributed by atoms with E-state index >= 15 is 0 Å². The van der Waals surface area contributed by atoms with Gasteiger partial charge < -0.3 is 9.84 Å². The number of hydrogen-bond donors (Lipinski definition) is 1. The number of fused-ring (bicyclic) bond motifs is 1. The number of rotatable bonds is 5. The molecule has 136 valence electrons. The van der Waals surface area contributed by atoms with Gasteiger partial charge in [0.15, 0.2) is 11.0 Å². The van der Waals surface area contributed by atoms with E-state index < -0.39 is 5.97 Å². The number of thiophene rings is 1. The summed E-state index contributed by atoms with van der Waals surface area (Å²) >= 11 is 7.54. The number of nitrogens with zero attached hydrogens (tertiary/aromatic N) is 4. The number of carboxylic acid groups (broad SMARTS) is 1. The van der Waals surface area contributed by atoms with Crippen molar-refractivity contribution < 1.29 is 14.6 Å². The lowest BCUT2D eigenvalue weighted by molar-refractivity contribution is 0.0697. The average Bonchev–Trinajstić information content (AvgIpc) is 3.29. The molecule has 0 saturated carbocycles. The van der Waals surface area contributed by atoms with Gasteiger partial charge in [0.2, 0.25) is 0 Å². The second kappa shape index (κ2) is 6.98. The lowest BCUT2D eigenvalue weighted by Crippen LogP contribution is -1.99. The predicted molar refractivity (Wildman–Crippen MR) is 103 cm³/mol. The van der Waals surface area contributed by atoms with Crippen LogP contribution in [0.4, 0.5) is 0 Å². The van der Waals surface area contributed by atoms with Crippen LogP contribution in [-0.4, -0.2) is 37.9 Å². The van der Waals surface area contributed by atoms with Gasteiger partial charge in [0.05, 0.1) is 30.3 Å². The van der Waals surface area contributed by atoms with Crippen molar-refractivity contribution in [1.82, 2.24) is 19.7 Å². The van der Waals surface area contributed by atoms with Gasteiger partial charge in [-0.25, -0.2) is 14.8 Å². The number of benzene rings is 1. The summed E-state index contributed by atoms with van der Waals surface area (Å²) in [5.74, 6) is 0.186. The third kappa shape index (κ3) is 3.49. The fourth-order valence-corrected chi connectivity index (χ4v) is 3.63. The van der Waals surface area contributed by atoms with E-state index in [4.69, 9.17) is 21.4 Å². The molecule has 0 aliphatic rings. The third-order valence-corrected chi connectivity index (χ3v) is 5.13.